The number of hydrogen-bond acceptors (Lipinski definition) is 7. The zero-order valence-corrected chi connectivity index (χ0v) is 22.6. The highest BCUT2D eigenvalue weighted by Crippen LogP contribution is 2.32. The first kappa shape index (κ1) is 25.8. The molecule has 1 aromatic heterocycles. The molecule has 1 N–H and O–H groups in total. The van der Waals surface area contributed by atoms with Crippen LogP contribution in [0.1, 0.15) is 37.3 Å². The molecule has 2 amide bonds. The van der Waals surface area contributed by atoms with Gasteiger partial charge in [-0.2, -0.15) is 0 Å². The lowest BCUT2D eigenvalue weighted by molar-refractivity contribution is 0.122. The number of rotatable bonds is 7. The van der Waals surface area contributed by atoms with Crippen molar-refractivity contribution in [1.82, 2.24) is 19.8 Å². The van der Waals surface area contributed by atoms with Crippen LogP contribution in [-0.4, -0.2) is 91.4 Å². The van der Waals surface area contributed by atoms with Gasteiger partial charge in [-0.3, -0.25) is 4.90 Å². The van der Waals surface area contributed by atoms with Crippen LogP contribution in [0.15, 0.2) is 48.8 Å². The van der Waals surface area contributed by atoms with Crippen molar-refractivity contribution in [1.29, 1.82) is 0 Å². The number of carbonyl (C=O) groups is 1. The zero-order chi connectivity index (χ0) is 26.4. The van der Waals surface area contributed by atoms with E-state index in [0.717, 1.165) is 79.4 Å². The summed E-state index contributed by atoms with van der Waals surface area (Å²) in [6.45, 7) is 8.74. The average molecular weight is 531 g/mol. The van der Waals surface area contributed by atoms with Gasteiger partial charge in [0.2, 0.25) is 0 Å². The van der Waals surface area contributed by atoms with E-state index in [-0.39, 0.29) is 6.03 Å². The van der Waals surface area contributed by atoms with Crippen molar-refractivity contribution in [2.24, 2.45) is 0 Å². The van der Waals surface area contributed by atoms with Crippen LogP contribution in [0, 0.1) is 0 Å². The number of nitrogens with zero attached hydrogens (tertiary/aromatic N) is 5. The van der Waals surface area contributed by atoms with Crippen molar-refractivity contribution in [3.63, 3.8) is 0 Å². The molecule has 0 saturated carbocycles. The second kappa shape index (κ2) is 12.2. The fourth-order valence-electron chi connectivity index (χ4n) is 5.91. The number of nitrogens with one attached hydrogen (secondary N) is 1. The van der Waals surface area contributed by atoms with Gasteiger partial charge in [0.1, 0.15) is 18.7 Å². The molecular weight excluding hydrogens is 492 g/mol. The number of amides is 2. The number of morpholine rings is 1. The van der Waals surface area contributed by atoms with Crippen molar-refractivity contribution in [3.8, 4) is 5.75 Å². The second-order valence-electron chi connectivity index (χ2n) is 10.7. The summed E-state index contributed by atoms with van der Waals surface area (Å²) in [7, 11) is 0. The number of likely N-dealkylation sites (tertiary alicyclic amines) is 2. The van der Waals surface area contributed by atoms with E-state index in [4.69, 9.17) is 9.47 Å². The van der Waals surface area contributed by atoms with Gasteiger partial charge < -0.3 is 24.6 Å². The van der Waals surface area contributed by atoms with E-state index in [0.29, 0.717) is 25.6 Å². The molecule has 206 valence electrons. The molecule has 0 unspecified atom stereocenters. The Bertz CT molecular complexity index is 1250. The molecule has 9 nitrogen and oxygen atoms in total. The van der Waals surface area contributed by atoms with Crippen LogP contribution >= 0.6 is 0 Å². The summed E-state index contributed by atoms with van der Waals surface area (Å²) in [6, 6.07) is 14.2. The summed E-state index contributed by atoms with van der Waals surface area (Å²) in [5.74, 6) is 1.16. The number of urea groups is 1. The first-order valence-electron chi connectivity index (χ1n) is 14.3. The van der Waals surface area contributed by atoms with Crippen LogP contribution < -0.4 is 15.0 Å². The van der Waals surface area contributed by atoms with E-state index in [2.05, 4.69) is 43.3 Å². The van der Waals surface area contributed by atoms with Gasteiger partial charge in [-0.05, 0) is 75.2 Å². The highest BCUT2D eigenvalue weighted by atomic mass is 16.5. The van der Waals surface area contributed by atoms with Gasteiger partial charge in [-0.25, -0.2) is 14.8 Å². The molecular formula is C30H38N6O3. The topological polar surface area (TPSA) is 83.1 Å². The van der Waals surface area contributed by atoms with E-state index >= 15 is 0 Å². The SMILES string of the molecule is O=C(Nc1ccc(N2CCOCC2)cc1)N1CCC(c2ncnc3cc(OCCN4CCCC4)ccc23)CC1. The molecule has 3 aliphatic rings. The monoisotopic (exact) mass is 530 g/mol. The lowest BCUT2D eigenvalue weighted by Crippen LogP contribution is -2.40. The highest BCUT2D eigenvalue weighted by molar-refractivity contribution is 5.89. The first-order chi connectivity index (χ1) is 19.2. The normalized spacial score (nSPS) is 19.0. The van der Waals surface area contributed by atoms with E-state index in [9.17, 15) is 4.79 Å². The van der Waals surface area contributed by atoms with E-state index in [1.165, 1.54) is 25.9 Å². The molecule has 0 bridgehead atoms. The molecule has 4 heterocycles. The number of aromatic nitrogens is 2. The Balaban J connectivity index is 1.02. The fraction of sp³-hybridized carbons (Fsp3) is 0.500. The van der Waals surface area contributed by atoms with Crippen molar-refractivity contribution in [2.75, 3.05) is 75.9 Å². The number of fused-ring (bicyclic) bond motifs is 1. The Hall–Kier alpha value is -3.43. The Morgan fingerprint density at radius 1 is 0.949 bits per heavy atom. The molecule has 3 aromatic rings. The minimum absolute atomic E-state index is 0.0455. The van der Waals surface area contributed by atoms with Gasteiger partial charge in [0.15, 0.2) is 0 Å². The second-order valence-corrected chi connectivity index (χ2v) is 10.7. The lowest BCUT2D eigenvalue weighted by atomic mass is 9.91. The number of anilines is 2. The molecule has 2 aromatic carbocycles. The molecule has 6 rings (SSSR count). The Labute approximate surface area is 230 Å². The summed E-state index contributed by atoms with van der Waals surface area (Å²) in [4.78, 5) is 28.8. The number of carbonyl (C=O) groups excluding carboxylic acids is 1. The van der Waals surface area contributed by atoms with Crippen molar-refractivity contribution in [2.45, 2.75) is 31.6 Å². The lowest BCUT2D eigenvalue weighted by Gasteiger charge is -2.32. The maximum Gasteiger partial charge on any atom is 0.321 e. The van der Waals surface area contributed by atoms with Gasteiger partial charge in [0, 0.05) is 61.5 Å². The van der Waals surface area contributed by atoms with Crippen LogP contribution in [0.25, 0.3) is 10.9 Å². The van der Waals surface area contributed by atoms with E-state index < -0.39 is 0 Å². The Morgan fingerprint density at radius 3 is 2.49 bits per heavy atom. The van der Waals surface area contributed by atoms with Crippen LogP contribution in [0.3, 0.4) is 0 Å². The van der Waals surface area contributed by atoms with Gasteiger partial charge in [0.25, 0.3) is 0 Å². The summed E-state index contributed by atoms with van der Waals surface area (Å²) >= 11 is 0. The van der Waals surface area contributed by atoms with Crippen molar-refractivity contribution < 1.29 is 14.3 Å². The largest absolute Gasteiger partial charge is 0.492 e. The molecule has 3 fully saturated rings. The standard InChI is InChI=1S/C30H38N6O3/c37-30(33-24-3-5-25(6-4-24)35-16-18-38-19-17-35)36-13-9-23(10-14-36)29-27-8-7-26(21-28(27)31-22-32-29)39-20-15-34-11-1-2-12-34/h3-8,21-23H,1-2,9-20H2,(H,33,37). The molecule has 9 heteroatoms. The van der Waals surface area contributed by atoms with Gasteiger partial charge in [0.05, 0.1) is 24.4 Å². The summed E-state index contributed by atoms with van der Waals surface area (Å²) in [5.41, 5.74) is 3.97. The van der Waals surface area contributed by atoms with Crippen LogP contribution in [0.4, 0.5) is 16.2 Å². The molecule has 0 radical (unpaired) electrons. The first-order valence-corrected chi connectivity index (χ1v) is 14.3. The third-order valence-electron chi connectivity index (χ3n) is 8.18. The predicted molar refractivity (Wildman–Crippen MR) is 153 cm³/mol. The van der Waals surface area contributed by atoms with E-state index in [1.807, 2.05) is 29.2 Å². The van der Waals surface area contributed by atoms with Gasteiger partial charge >= 0.3 is 6.03 Å². The third-order valence-corrected chi connectivity index (χ3v) is 8.18. The average Bonchev–Trinajstić information content (AvgIpc) is 3.51. The number of hydrogen-bond donors (Lipinski definition) is 1. The molecule has 39 heavy (non-hydrogen) atoms. The third kappa shape index (κ3) is 6.25. The minimum atomic E-state index is -0.0455. The molecule has 0 aliphatic carbocycles. The molecule has 0 atom stereocenters. The highest BCUT2D eigenvalue weighted by Gasteiger charge is 2.26. The maximum absolute atomic E-state index is 13.0. The molecule has 3 saturated heterocycles. The van der Waals surface area contributed by atoms with E-state index in [1.54, 1.807) is 6.33 Å². The van der Waals surface area contributed by atoms with Crippen molar-refractivity contribution >= 4 is 28.3 Å². The Kier molecular flexibility index (Phi) is 8.06. The van der Waals surface area contributed by atoms with Crippen LogP contribution in [0.2, 0.25) is 0 Å². The number of piperidine rings is 1. The fourth-order valence-corrected chi connectivity index (χ4v) is 5.91. The molecule has 0 spiro atoms. The van der Waals surface area contributed by atoms with Gasteiger partial charge in [-0.1, -0.05) is 0 Å². The quantitative estimate of drug-likeness (QED) is 0.486. The van der Waals surface area contributed by atoms with Crippen LogP contribution in [-0.2, 0) is 4.74 Å². The molecule has 3 aliphatic heterocycles. The smallest absolute Gasteiger partial charge is 0.321 e. The van der Waals surface area contributed by atoms with Crippen molar-refractivity contribution in [3.05, 3.63) is 54.5 Å². The Morgan fingerprint density at radius 2 is 1.72 bits per heavy atom. The minimum Gasteiger partial charge on any atom is -0.492 e. The van der Waals surface area contributed by atoms with Gasteiger partial charge in [-0.15, -0.1) is 0 Å². The summed E-state index contributed by atoms with van der Waals surface area (Å²) in [5, 5.41) is 4.14. The zero-order valence-electron chi connectivity index (χ0n) is 22.6. The number of benzene rings is 2. The number of ether oxygens (including phenoxy) is 2. The maximum atomic E-state index is 13.0. The predicted octanol–water partition coefficient (Wildman–Crippen LogP) is 4.35. The van der Waals surface area contributed by atoms with Crippen LogP contribution in [0.5, 0.6) is 5.75 Å². The summed E-state index contributed by atoms with van der Waals surface area (Å²) in [6.07, 6.45) is 6.00. The summed E-state index contributed by atoms with van der Waals surface area (Å²) < 4.78 is 11.5.